The van der Waals surface area contributed by atoms with Crippen molar-refractivity contribution in [2.45, 2.75) is 115 Å². The average molecular weight is 416 g/mol. The van der Waals surface area contributed by atoms with E-state index in [9.17, 15) is 0 Å². The number of hydrogen-bond acceptors (Lipinski definition) is 0. The summed E-state index contributed by atoms with van der Waals surface area (Å²) in [7, 11) is 8.30. The highest BCUT2D eigenvalue weighted by Crippen LogP contribution is 2.15. The van der Waals surface area contributed by atoms with Gasteiger partial charge >= 0.3 is 0 Å². The molecule has 1 aromatic rings. The molecule has 0 aliphatic rings. The quantitative estimate of drug-likeness (QED) is 0.115. The Balaban J connectivity index is 1.81. The fourth-order valence-corrected chi connectivity index (χ4v) is 4.55. The topological polar surface area (TPSA) is 0 Å². The lowest BCUT2D eigenvalue weighted by molar-refractivity contribution is -0.903. The molecule has 0 bridgehead atoms. The van der Waals surface area contributed by atoms with Gasteiger partial charge in [-0.15, -0.1) is 0 Å². The summed E-state index contributed by atoms with van der Waals surface area (Å²) in [4.78, 5) is 0. The molecule has 0 aromatic heterocycles. The molecule has 0 unspecified atom stereocenters. The van der Waals surface area contributed by atoms with Crippen LogP contribution in [0.4, 0.5) is 0 Å². The van der Waals surface area contributed by atoms with Gasteiger partial charge in [0.2, 0.25) is 0 Å². The Labute approximate surface area is 186 Å². The van der Waals surface area contributed by atoms with Gasteiger partial charge < -0.3 is 4.48 Å². The second-order valence-corrected chi connectivity index (χ2v) is 10.2. The van der Waals surface area contributed by atoms with Crippen molar-refractivity contribution in [1.29, 1.82) is 0 Å². The number of nitrogens with zero attached hydrogens (tertiary/aromatic N) is 1. The lowest BCUT2D eigenvalue weighted by Crippen LogP contribution is -2.39. The summed E-state index contributed by atoms with van der Waals surface area (Å²) in [6.07, 6.45) is 23.0. The summed E-state index contributed by atoms with van der Waals surface area (Å²) in [5.41, 5.74) is 1.46. The van der Waals surface area contributed by atoms with Gasteiger partial charge in [-0.2, -0.15) is 0 Å². The minimum atomic E-state index is 1.11. The monoisotopic (exact) mass is 415 g/mol. The van der Waals surface area contributed by atoms with E-state index in [2.05, 4.69) is 54.7 Å². The van der Waals surface area contributed by atoms with Crippen LogP contribution in [0.1, 0.15) is 108 Å². The van der Waals surface area contributed by atoms with Crippen LogP contribution < -0.4 is 0 Å². The van der Waals surface area contributed by atoms with Crippen LogP contribution in [0.2, 0.25) is 6.04 Å². The third-order valence-electron chi connectivity index (χ3n) is 6.14. The molecule has 29 heavy (non-hydrogen) atoms. The highest BCUT2D eigenvalue weighted by atomic mass is 28.1. The molecule has 0 saturated carbocycles. The Morgan fingerprint density at radius 2 is 0.931 bits per heavy atom. The molecule has 0 aliphatic carbocycles. The van der Waals surface area contributed by atoms with Crippen molar-refractivity contribution >= 4 is 10.2 Å². The fraction of sp³-hybridized carbons (Fsp3) is 0.778. The maximum atomic E-state index is 3.56. The molecule has 0 amide bonds. The maximum Gasteiger partial charge on any atom is 0.104 e. The summed E-state index contributed by atoms with van der Waals surface area (Å²) in [6.45, 7) is 2.45. The first-order valence-electron chi connectivity index (χ1n) is 12.6. The average Bonchev–Trinajstić information content (AvgIpc) is 2.70. The van der Waals surface area contributed by atoms with Gasteiger partial charge in [0.1, 0.15) is 6.54 Å². The van der Waals surface area contributed by atoms with E-state index in [0.29, 0.717) is 0 Å². The lowest BCUT2D eigenvalue weighted by atomic mass is 10.0. The zero-order valence-corrected chi connectivity index (χ0v) is 20.8. The van der Waals surface area contributed by atoms with Crippen molar-refractivity contribution in [1.82, 2.24) is 0 Å². The van der Waals surface area contributed by atoms with Crippen molar-refractivity contribution in [2.24, 2.45) is 0 Å². The number of quaternary nitrogens is 1. The molecular weight excluding hydrogens is 366 g/mol. The van der Waals surface area contributed by atoms with E-state index in [0.717, 1.165) is 11.0 Å². The Bertz CT molecular complexity index is 457. The first-order chi connectivity index (χ1) is 14.1. The molecule has 0 heterocycles. The molecular formula is C27H49NSi+. The molecule has 0 spiro atoms. The van der Waals surface area contributed by atoms with Gasteiger partial charge in [-0.1, -0.05) is 126 Å². The van der Waals surface area contributed by atoms with Gasteiger partial charge in [0, 0.05) is 15.8 Å². The lowest BCUT2D eigenvalue weighted by Gasteiger charge is -2.30. The summed E-state index contributed by atoms with van der Waals surface area (Å²) in [5, 5.41) is 0. The summed E-state index contributed by atoms with van der Waals surface area (Å²) >= 11 is 0. The Hall–Kier alpha value is -0.603. The molecule has 165 valence electrons. The van der Waals surface area contributed by atoms with Crippen molar-refractivity contribution in [2.75, 3.05) is 20.6 Å². The van der Waals surface area contributed by atoms with Gasteiger partial charge in [-0.3, -0.25) is 0 Å². The second-order valence-electron chi connectivity index (χ2n) is 9.71. The SMILES string of the molecule is C[N+](C)(CCCCCCCCCCCCCCCCCC[Si])Cc1ccccc1. The molecule has 0 N–H and O–H groups in total. The molecule has 3 radical (unpaired) electrons. The Morgan fingerprint density at radius 1 is 0.552 bits per heavy atom. The van der Waals surface area contributed by atoms with Gasteiger partial charge in [0.15, 0.2) is 0 Å². The minimum Gasteiger partial charge on any atom is -0.325 e. The van der Waals surface area contributed by atoms with Gasteiger partial charge in [-0.05, 0) is 12.8 Å². The number of unbranched alkanes of at least 4 members (excludes halogenated alkanes) is 15. The van der Waals surface area contributed by atoms with E-state index in [1.807, 2.05) is 0 Å². The van der Waals surface area contributed by atoms with E-state index in [1.54, 1.807) is 0 Å². The third kappa shape index (κ3) is 16.8. The maximum absolute atomic E-state index is 3.56. The van der Waals surface area contributed by atoms with Crippen molar-refractivity contribution in [3.05, 3.63) is 35.9 Å². The largest absolute Gasteiger partial charge is 0.325 e. The molecule has 0 aliphatic heterocycles. The normalized spacial score (nSPS) is 11.8. The van der Waals surface area contributed by atoms with E-state index < -0.39 is 0 Å². The smallest absolute Gasteiger partial charge is 0.104 e. The fourth-order valence-electron chi connectivity index (χ4n) is 4.30. The zero-order chi connectivity index (χ0) is 21.0. The van der Waals surface area contributed by atoms with Crippen LogP contribution in [-0.2, 0) is 6.54 Å². The third-order valence-corrected chi connectivity index (χ3v) is 6.50. The summed E-state index contributed by atoms with van der Waals surface area (Å²) in [6, 6.07) is 12.1. The van der Waals surface area contributed by atoms with Crippen LogP contribution in [0.25, 0.3) is 0 Å². The molecule has 1 aromatic carbocycles. The van der Waals surface area contributed by atoms with Crippen molar-refractivity contribution in [3.8, 4) is 0 Å². The first kappa shape index (κ1) is 26.4. The number of rotatable bonds is 20. The number of benzene rings is 1. The van der Waals surface area contributed by atoms with Gasteiger partial charge in [0.25, 0.3) is 0 Å². The molecule has 0 saturated heterocycles. The van der Waals surface area contributed by atoms with Crippen LogP contribution in [0, 0.1) is 0 Å². The molecule has 1 rings (SSSR count). The van der Waals surface area contributed by atoms with Gasteiger partial charge in [0.05, 0.1) is 20.6 Å². The first-order valence-corrected chi connectivity index (χ1v) is 13.4. The van der Waals surface area contributed by atoms with Crippen LogP contribution in [0.15, 0.2) is 30.3 Å². The van der Waals surface area contributed by atoms with Crippen LogP contribution in [0.3, 0.4) is 0 Å². The Morgan fingerprint density at radius 3 is 1.34 bits per heavy atom. The van der Waals surface area contributed by atoms with Crippen LogP contribution in [-0.4, -0.2) is 35.4 Å². The van der Waals surface area contributed by atoms with Crippen molar-refractivity contribution < 1.29 is 4.48 Å². The zero-order valence-electron chi connectivity index (χ0n) is 19.8. The highest BCUT2D eigenvalue weighted by molar-refractivity contribution is 6.08. The van der Waals surface area contributed by atoms with E-state index >= 15 is 0 Å². The van der Waals surface area contributed by atoms with Crippen molar-refractivity contribution in [3.63, 3.8) is 0 Å². The molecule has 1 nitrogen and oxygen atoms in total. The summed E-state index contributed by atoms with van der Waals surface area (Å²) < 4.78 is 1.11. The predicted molar refractivity (Wildman–Crippen MR) is 132 cm³/mol. The minimum absolute atomic E-state index is 1.11. The predicted octanol–water partition coefficient (Wildman–Crippen LogP) is 8.09. The molecule has 2 heteroatoms. The van der Waals surface area contributed by atoms with E-state index in [4.69, 9.17) is 0 Å². The van der Waals surface area contributed by atoms with Crippen LogP contribution >= 0.6 is 0 Å². The summed E-state index contributed by atoms with van der Waals surface area (Å²) in [5.74, 6) is 0. The van der Waals surface area contributed by atoms with Gasteiger partial charge in [-0.25, -0.2) is 0 Å². The highest BCUT2D eigenvalue weighted by Gasteiger charge is 2.14. The standard InChI is InChI=1S/C27H49NSi/c1-28(2,26-27-22-18-17-19-23-27)24-20-15-13-11-9-7-5-3-4-6-8-10-12-14-16-21-25-29/h17-19,22-23H,3-16,20-21,24-26H2,1-2H3/q+1. The van der Waals surface area contributed by atoms with Crippen LogP contribution in [0.5, 0.6) is 0 Å². The molecule has 0 atom stereocenters. The Kier molecular flexibility index (Phi) is 16.6. The number of hydrogen-bond donors (Lipinski definition) is 0. The second kappa shape index (κ2) is 18.2. The van der Waals surface area contributed by atoms with E-state index in [-0.39, 0.29) is 0 Å². The molecule has 0 fully saturated rings. The van der Waals surface area contributed by atoms with E-state index in [1.165, 1.54) is 121 Å².